The van der Waals surface area contributed by atoms with Crippen LogP contribution in [0.25, 0.3) is 11.3 Å². The van der Waals surface area contributed by atoms with E-state index in [2.05, 4.69) is 28.5 Å². The van der Waals surface area contributed by atoms with Gasteiger partial charge in [0.05, 0.1) is 5.69 Å². The van der Waals surface area contributed by atoms with Gasteiger partial charge in [0.15, 0.2) is 5.13 Å². The fraction of sp³-hybridized carbons (Fsp3) is 0.111. The highest BCUT2D eigenvalue weighted by atomic mass is 32.1. The van der Waals surface area contributed by atoms with Crippen molar-refractivity contribution >= 4 is 28.1 Å². The summed E-state index contributed by atoms with van der Waals surface area (Å²) in [6.07, 6.45) is 0. The summed E-state index contributed by atoms with van der Waals surface area (Å²) in [5, 5.41) is 24.4. The molecule has 122 valence electrons. The first-order valence-corrected chi connectivity index (χ1v) is 8.18. The Morgan fingerprint density at radius 1 is 1.17 bits per heavy atom. The average molecular weight is 340 g/mol. The molecule has 1 aromatic heterocycles. The summed E-state index contributed by atoms with van der Waals surface area (Å²) >= 11 is 1.45. The smallest absolute Gasteiger partial charge is 0.339 e. The van der Waals surface area contributed by atoms with Crippen LogP contribution in [0, 0.1) is 13.8 Å². The SMILES string of the molecule is Cc1ccc(C)c(-c2csc(Nc3ccc(C(=O)O)c(O)c3)n2)c1. The first-order valence-electron chi connectivity index (χ1n) is 7.30. The van der Waals surface area contributed by atoms with E-state index >= 15 is 0 Å². The van der Waals surface area contributed by atoms with Crippen molar-refractivity contribution in [3.63, 3.8) is 0 Å². The van der Waals surface area contributed by atoms with Gasteiger partial charge < -0.3 is 15.5 Å². The van der Waals surface area contributed by atoms with Crippen molar-refractivity contribution in [3.05, 3.63) is 58.5 Å². The highest BCUT2D eigenvalue weighted by molar-refractivity contribution is 7.14. The van der Waals surface area contributed by atoms with E-state index in [4.69, 9.17) is 5.11 Å². The van der Waals surface area contributed by atoms with Crippen LogP contribution in [0.5, 0.6) is 5.75 Å². The second kappa shape index (κ2) is 6.33. The highest BCUT2D eigenvalue weighted by Gasteiger charge is 2.11. The Bertz CT molecular complexity index is 918. The lowest BCUT2D eigenvalue weighted by molar-refractivity contribution is 0.0694. The van der Waals surface area contributed by atoms with Crippen LogP contribution < -0.4 is 5.32 Å². The van der Waals surface area contributed by atoms with Crippen LogP contribution >= 0.6 is 11.3 Å². The van der Waals surface area contributed by atoms with E-state index in [9.17, 15) is 9.90 Å². The largest absolute Gasteiger partial charge is 0.507 e. The third-order valence-electron chi connectivity index (χ3n) is 3.65. The molecule has 0 aliphatic heterocycles. The number of benzene rings is 2. The third kappa shape index (κ3) is 3.23. The second-order valence-electron chi connectivity index (χ2n) is 5.52. The topological polar surface area (TPSA) is 82.5 Å². The fourth-order valence-electron chi connectivity index (χ4n) is 2.38. The van der Waals surface area contributed by atoms with Gasteiger partial charge in [0.2, 0.25) is 0 Å². The minimum Gasteiger partial charge on any atom is -0.507 e. The monoisotopic (exact) mass is 340 g/mol. The minimum absolute atomic E-state index is 0.129. The molecule has 5 nitrogen and oxygen atoms in total. The third-order valence-corrected chi connectivity index (χ3v) is 4.41. The Morgan fingerprint density at radius 2 is 1.96 bits per heavy atom. The molecule has 24 heavy (non-hydrogen) atoms. The molecule has 0 spiro atoms. The van der Waals surface area contributed by atoms with Crippen LogP contribution in [0.4, 0.5) is 10.8 Å². The molecule has 1 heterocycles. The quantitative estimate of drug-likeness (QED) is 0.648. The van der Waals surface area contributed by atoms with Crippen molar-refractivity contribution in [2.24, 2.45) is 0 Å². The molecule has 0 unspecified atom stereocenters. The molecule has 0 amide bonds. The molecule has 0 radical (unpaired) electrons. The van der Waals surface area contributed by atoms with Gasteiger partial charge in [-0.25, -0.2) is 9.78 Å². The van der Waals surface area contributed by atoms with Crippen molar-refractivity contribution in [1.82, 2.24) is 4.98 Å². The second-order valence-corrected chi connectivity index (χ2v) is 6.38. The highest BCUT2D eigenvalue weighted by Crippen LogP contribution is 2.31. The number of aromatic nitrogens is 1. The number of aromatic carboxylic acids is 1. The molecule has 2 aromatic carbocycles. The minimum atomic E-state index is -1.16. The van der Waals surface area contributed by atoms with Crippen LogP contribution in [-0.2, 0) is 0 Å². The van der Waals surface area contributed by atoms with Crippen LogP contribution in [0.2, 0.25) is 0 Å². The number of aryl methyl sites for hydroxylation is 2. The Labute approximate surface area is 143 Å². The lowest BCUT2D eigenvalue weighted by Gasteiger charge is -2.06. The summed E-state index contributed by atoms with van der Waals surface area (Å²) in [7, 11) is 0. The predicted octanol–water partition coefficient (Wildman–Crippen LogP) is 4.57. The zero-order valence-corrected chi connectivity index (χ0v) is 14.0. The van der Waals surface area contributed by atoms with Gasteiger partial charge in [-0.05, 0) is 37.6 Å². The molecule has 3 aromatic rings. The van der Waals surface area contributed by atoms with Crippen molar-refractivity contribution < 1.29 is 15.0 Å². The van der Waals surface area contributed by atoms with E-state index in [1.165, 1.54) is 29.0 Å². The Balaban J connectivity index is 1.85. The van der Waals surface area contributed by atoms with Gasteiger partial charge in [-0.2, -0.15) is 0 Å². The van der Waals surface area contributed by atoms with Gasteiger partial charge in [0, 0.05) is 22.7 Å². The van der Waals surface area contributed by atoms with Gasteiger partial charge in [-0.15, -0.1) is 11.3 Å². The fourth-order valence-corrected chi connectivity index (χ4v) is 3.11. The van der Waals surface area contributed by atoms with E-state index < -0.39 is 5.97 Å². The van der Waals surface area contributed by atoms with E-state index in [0.29, 0.717) is 10.8 Å². The molecule has 3 rings (SSSR count). The van der Waals surface area contributed by atoms with E-state index in [0.717, 1.165) is 16.8 Å². The van der Waals surface area contributed by atoms with Gasteiger partial charge >= 0.3 is 5.97 Å². The van der Waals surface area contributed by atoms with E-state index in [1.807, 2.05) is 19.2 Å². The van der Waals surface area contributed by atoms with E-state index in [-0.39, 0.29) is 11.3 Å². The number of carbonyl (C=O) groups is 1. The van der Waals surface area contributed by atoms with Gasteiger partial charge in [-0.3, -0.25) is 0 Å². The number of thiazole rings is 1. The van der Waals surface area contributed by atoms with Crippen LogP contribution in [0.3, 0.4) is 0 Å². The zero-order chi connectivity index (χ0) is 17.3. The van der Waals surface area contributed by atoms with Crippen LogP contribution in [0.15, 0.2) is 41.8 Å². The van der Waals surface area contributed by atoms with Gasteiger partial charge in [0.1, 0.15) is 11.3 Å². The van der Waals surface area contributed by atoms with Crippen molar-refractivity contribution in [2.75, 3.05) is 5.32 Å². The first kappa shape index (κ1) is 16.0. The lowest BCUT2D eigenvalue weighted by Crippen LogP contribution is -1.97. The van der Waals surface area contributed by atoms with Crippen molar-refractivity contribution in [3.8, 4) is 17.0 Å². The van der Waals surface area contributed by atoms with E-state index in [1.54, 1.807) is 6.07 Å². The summed E-state index contributed by atoms with van der Waals surface area (Å²) in [5.41, 5.74) is 4.75. The summed E-state index contributed by atoms with van der Waals surface area (Å²) in [4.78, 5) is 15.5. The molecule has 0 aliphatic carbocycles. The molecule has 0 bridgehead atoms. The van der Waals surface area contributed by atoms with Crippen molar-refractivity contribution in [1.29, 1.82) is 0 Å². The summed E-state index contributed by atoms with van der Waals surface area (Å²) < 4.78 is 0. The maximum absolute atomic E-state index is 10.9. The molecule has 0 fully saturated rings. The molecular weight excluding hydrogens is 324 g/mol. The number of hydrogen-bond donors (Lipinski definition) is 3. The van der Waals surface area contributed by atoms with Gasteiger partial charge in [0.25, 0.3) is 0 Å². The number of nitrogens with zero attached hydrogens (tertiary/aromatic N) is 1. The zero-order valence-electron chi connectivity index (χ0n) is 13.2. The molecule has 0 saturated heterocycles. The van der Waals surface area contributed by atoms with Crippen LogP contribution in [-0.4, -0.2) is 21.2 Å². The lowest BCUT2D eigenvalue weighted by atomic mass is 10.0. The molecule has 6 heteroatoms. The number of nitrogens with one attached hydrogen (secondary N) is 1. The molecular formula is C18H16N2O3S. The van der Waals surface area contributed by atoms with Crippen LogP contribution in [0.1, 0.15) is 21.5 Å². The number of rotatable bonds is 4. The molecule has 0 saturated carbocycles. The standard InChI is InChI=1S/C18H16N2O3S/c1-10-3-4-11(2)14(7-10)15-9-24-18(20-15)19-12-5-6-13(17(22)23)16(21)8-12/h3-9,21H,1-2H3,(H,19,20)(H,22,23). The number of hydrogen-bond acceptors (Lipinski definition) is 5. The summed E-state index contributed by atoms with van der Waals surface area (Å²) in [5.74, 6) is -1.44. The number of aromatic hydroxyl groups is 1. The molecule has 3 N–H and O–H groups in total. The molecule has 0 atom stereocenters. The summed E-state index contributed by atoms with van der Waals surface area (Å²) in [6, 6.07) is 10.6. The predicted molar refractivity (Wildman–Crippen MR) is 95.4 cm³/mol. The maximum Gasteiger partial charge on any atom is 0.339 e. The molecule has 0 aliphatic rings. The Morgan fingerprint density at radius 3 is 2.67 bits per heavy atom. The van der Waals surface area contributed by atoms with Crippen molar-refractivity contribution in [2.45, 2.75) is 13.8 Å². The Kier molecular flexibility index (Phi) is 4.22. The average Bonchev–Trinajstić information content (AvgIpc) is 2.97. The van der Waals surface area contributed by atoms with Gasteiger partial charge in [-0.1, -0.05) is 17.7 Å². The normalized spacial score (nSPS) is 10.6. The number of carboxylic acids is 1. The first-order chi connectivity index (χ1) is 11.4. The maximum atomic E-state index is 10.9. The Hall–Kier alpha value is -2.86. The number of carboxylic acid groups (broad SMARTS) is 1. The number of phenols is 1. The summed E-state index contributed by atoms with van der Waals surface area (Å²) in [6.45, 7) is 4.09. The number of anilines is 2.